The van der Waals surface area contributed by atoms with Crippen LogP contribution in [-0.2, 0) is 20.9 Å². The fourth-order valence-electron chi connectivity index (χ4n) is 7.01. The number of aryl methyl sites for hydroxylation is 2. The Bertz CT molecular complexity index is 1230. The molecule has 208 valence electrons. The van der Waals surface area contributed by atoms with Crippen LogP contribution in [0.15, 0.2) is 48.5 Å². The number of hydrogen-bond acceptors (Lipinski definition) is 5. The van der Waals surface area contributed by atoms with Gasteiger partial charge < -0.3 is 20.6 Å². The lowest BCUT2D eigenvalue weighted by Crippen LogP contribution is -2.55. The molecule has 5 rings (SSSR count). The normalized spacial score (nSPS) is 28.1. The van der Waals surface area contributed by atoms with Crippen molar-refractivity contribution in [2.45, 2.75) is 75.6 Å². The summed E-state index contributed by atoms with van der Waals surface area (Å²) >= 11 is 1.65. The van der Waals surface area contributed by atoms with E-state index in [1.807, 2.05) is 76.2 Å². The minimum Gasteiger partial charge on any atom is -0.394 e. The van der Waals surface area contributed by atoms with Gasteiger partial charge >= 0.3 is 0 Å². The largest absolute Gasteiger partial charge is 0.394 e. The summed E-state index contributed by atoms with van der Waals surface area (Å²) in [6, 6.07) is 14.4. The summed E-state index contributed by atoms with van der Waals surface area (Å²) in [6.45, 7) is 8.19. The van der Waals surface area contributed by atoms with E-state index in [9.17, 15) is 19.5 Å². The molecule has 6 atom stereocenters. The van der Waals surface area contributed by atoms with Crippen LogP contribution >= 0.6 is 11.8 Å². The van der Waals surface area contributed by atoms with Gasteiger partial charge in [0.15, 0.2) is 0 Å². The fraction of sp³-hybridized carbons (Fsp3) is 0.516. The van der Waals surface area contributed by atoms with E-state index in [-0.39, 0.29) is 35.5 Å². The number of benzene rings is 2. The van der Waals surface area contributed by atoms with Gasteiger partial charge in [0.1, 0.15) is 6.04 Å². The van der Waals surface area contributed by atoms with E-state index in [4.69, 9.17) is 0 Å². The first kappa shape index (κ1) is 27.7. The lowest BCUT2D eigenvalue weighted by atomic mass is 9.70. The second-order valence-electron chi connectivity index (χ2n) is 11.7. The number of anilines is 1. The van der Waals surface area contributed by atoms with Crippen molar-refractivity contribution < 1.29 is 19.5 Å². The third-order valence-electron chi connectivity index (χ3n) is 8.68. The molecular weight excluding hydrogens is 510 g/mol. The second kappa shape index (κ2) is 11.0. The van der Waals surface area contributed by atoms with Gasteiger partial charge in [-0.15, -0.1) is 11.8 Å². The Morgan fingerprint density at radius 3 is 2.41 bits per heavy atom. The number of carbonyl (C=O) groups is 3. The third kappa shape index (κ3) is 4.86. The minimum atomic E-state index is -0.758. The van der Waals surface area contributed by atoms with Crippen LogP contribution in [0.4, 0.5) is 5.69 Å². The molecule has 0 aliphatic carbocycles. The number of nitrogens with zero attached hydrogens (tertiary/aromatic N) is 1. The topological polar surface area (TPSA) is 98.7 Å². The van der Waals surface area contributed by atoms with Crippen LogP contribution in [-0.4, -0.2) is 56.4 Å². The SMILES string of the molecule is Cc1cccc(C)c1NC(=O)C1N([C@@H](CO)CC(C)C)C(=O)[C@@H]2[C@H](C(=O)NCc3ccccc3)[C@@H]3CCC12S3. The molecule has 0 radical (unpaired) electrons. The third-order valence-corrected chi connectivity index (χ3v) is 10.6. The summed E-state index contributed by atoms with van der Waals surface area (Å²) in [4.78, 5) is 43.8. The van der Waals surface area contributed by atoms with Crippen molar-refractivity contribution in [1.29, 1.82) is 0 Å². The Kier molecular flexibility index (Phi) is 7.80. The van der Waals surface area contributed by atoms with Crippen LogP contribution in [0.25, 0.3) is 0 Å². The summed E-state index contributed by atoms with van der Waals surface area (Å²) in [6.07, 6.45) is 2.06. The number of hydrogen-bond donors (Lipinski definition) is 3. The van der Waals surface area contributed by atoms with Gasteiger partial charge in [0.2, 0.25) is 17.7 Å². The molecular formula is C31H39N3O4S. The molecule has 3 amide bonds. The monoisotopic (exact) mass is 549 g/mol. The van der Waals surface area contributed by atoms with Crippen LogP contribution in [0.2, 0.25) is 0 Å². The lowest BCUT2D eigenvalue weighted by molar-refractivity contribution is -0.142. The van der Waals surface area contributed by atoms with Gasteiger partial charge in [-0.3, -0.25) is 14.4 Å². The molecule has 2 bridgehead atoms. The maximum atomic E-state index is 14.3. The number of aliphatic hydroxyl groups is 1. The quantitative estimate of drug-likeness (QED) is 0.438. The van der Waals surface area contributed by atoms with Crippen LogP contribution < -0.4 is 10.6 Å². The second-order valence-corrected chi connectivity index (χ2v) is 13.3. The molecule has 2 aromatic rings. The highest BCUT2D eigenvalue weighted by atomic mass is 32.2. The lowest BCUT2D eigenvalue weighted by Gasteiger charge is -2.37. The Labute approximate surface area is 235 Å². The van der Waals surface area contributed by atoms with Crippen LogP contribution in [0, 0.1) is 31.6 Å². The Morgan fingerprint density at radius 2 is 1.77 bits per heavy atom. The minimum absolute atomic E-state index is 0.00922. The molecule has 0 aromatic heterocycles. The van der Waals surface area contributed by atoms with Crippen molar-refractivity contribution in [2.24, 2.45) is 17.8 Å². The number of fused-ring (bicyclic) bond motifs is 1. The molecule has 3 heterocycles. The zero-order chi connectivity index (χ0) is 27.9. The highest BCUT2D eigenvalue weighted by molar-refractivity contribution is 8.02. The van der Waals surface area contributed by atoms with Gasteiger partial charge in [0, 0.05) is 17.5 Å². The van der Waals surface area contributed by atoms with E-state index in [1.165, 1.54) is 0 Å². The first-order valence-electron chi connectivity index (χ1n) is 14.0. The van der Waals surface area contributed by atoms with Crippen LogP contribution in [0.5, 0.6) is 0 Å². The number of carbonyl (C=O) groups excluding carboxylic acids is 3. The van der Waals surface area contributed by atoms with E-state index in [2.05, 4.69) is 10.6 Å². The van der Waals surface area contributed by atoms with E-state index >= 15 is 0 Å². The van der Waals surface area contributed by atoms with Gasteiger partial charge in [-0.25, -0.2) is 0 Å². The summed E-state index contributed by atoms with van der Waals surface area (Å²) in [5, 5.41) is 16.7. The smallest absolute Gasteiger partial charge is 0.248 e. The molecule has 1 spiro atoms. The highest BCUT2D eigenvalue weighted by Crippen LogP contribution is 2.66. The number of likely N-dealkylation sites (tertiary alicyclic amines) is 1. The average Bonchev–Trinajstić information content (AvgIpc) is 3.56. The van der Waals surface area contributed by atoms with Gasteiger partial charge in [-0.05, 0) is 55.7 Å². The predicted octanol–water partition coefficient (Wildman–Crippen LogP) is 4.06. The summed E-state index contributed by atoms with van der Waals surface area (Å²) < 4.78 is -0.693. The van der Waals surface area contributed by atoms with Crippen molar-refractivity contribution in [3.05, 3.63) is 65.2 Å². The number of aliphatic hydroxyl groups excluding tert-OH is 1. The van der Waals surface area contributed by atoms with E-state index < -0.39 is 28.7 Å². The zero-order valence-corrected chi connectivity index (χ0v) is 24.0. The molecule has 3 aliphatic rings. The van der Waals surface area contributed by atoms with E-state index in [1.54, 1.807) is 16.7 Å². The number of para-hydroxylation sites is 1. The number of rotatable bonds is 9. The van der Waals surface area contributed by atoms with Gasteiger partial charge in [0.05, 0.1) is 29.2 Å². The highest BCUT2D eigenvalue weighted by Gasteiger charge is 2.74. The first-order chi connectivity index (χ1) is 18.7. The zero-order valence-electron chi connectivity index (χ0n) is 23.1. The molecule has 8 heteroatoms. The Morgan fingerprint density at radius 1 is 1.08 bits per heavy atom. The summed E-state index contributed by atoms with van der Waals surface area (Å²) in [5.41, 5.74) is 3.67. The molecule has 3 fully saturated rings. The molecule has 2 aromatic carbocycles. The van der Waals surface area contributed by atoms with Gasteiger partial charge in [-0.2, -0.15) is 0 Å². The predicted molar refractivity (Wildman–Crippen MR) is 154 cm³/mol. The Hall–Kier alpha value is -2.84. The maximum Gasteiger partial charge on any atom is 0.248 e. The standard InChI is InChI=1S/C31H39N3O4S/c1-18(2)15-22(17-35)34-27(29(37)33-26-19(3)9-8-10-20(26)4)31-14-13-23(39-31)24(25(31)30(34)38)28(36)32-16-21-11-6-5-7-12-21/h5-12,18,22-25,27,35H,13-17H2,1-4H3,(H,32,36)(H,33,37)/t22-,23+,24-,25+,27?,31?/m1/s1. The molecule has 3 N–H and O–H groups in total. The Balaban J connectivity index is 1.49. The van der Waals surface area contributed by atoms with Crippen molar-refractivity contribution >= 4 is 35.2 Å². The average molecular weight is 550 g/mol. The van der Waals surface area contributed by atoms with Crippen LogP contribution in [0.1, 0.15) is 49.8 Å². The molecule has 2 unspecified atom stereocenters. The van der Waals surface area contributed by atoms with Crippen molar-refractivity contribution in [1.82, 2.24) is 10.2 Å². The number of thioether (sulfide) groups is 1. The van der Waals surface area contributed by atoms with Crippen molar-refractivity contribution in [3.8, 4) is 0 Å². The molecule has 3 saturated heterocycles. The molecule has 3 aliphatic heterocycles. The first-order valence-corrected chi connectivity index (χ1v) is 14.9. The van der Waals surface area contributed by atoms with Gasteiger partial charge in [0.25, 0.3) is 0 Å². The van der Waals surface area contributed by atoms with Crippen LogP contribution in [0.3, 0.4) is 0 Å². The molecule has 39 heavy (non-hydrogen) atoms. The summed E-state index contributed by atoms with van der Waals surface area (Å²) in [5.74, 6) is -1.40. The number of amides is 3. The fourth-order valence-corrected chi connectivity index (χ4v) is 9.22. The summed E-state index contributed by atoms with van der Waals surface area (Å²) in [7, 11) is 0. The van der Waals surface area contributed by atoms with E-state index in [0.29, 0.717) is 19.4 Å². The van der Waals surface area contributed by atoms with Gasteiger partial charge in [-0.1, -0.05) is 62.4 Å². The van der Waals surface area contributed by atoms with Crippen molar-refractivity contribution in [3.63, 3.8) is 0 Å². The molecule has 7 nitrogen and oxygen atoms in total. The van der Waals surface area contributed by atoms with Crippen molar-refractivity contribution in [2.75, 3.05) is 11.9 Å². The van der Waals surface area contributed by atoms with E-state index in [0.717, 1.165) is 28.8 Å². The maximum absolute atomic E-state index is 14.3. The number of nitrogens with one attached hydrogen (secondary N) is 2. The molecule has 0 saturated carbocycles.